The number of aliphatic hydroxyl groups is 5. The third-order valence-corrected chi connectivity index (χ3v) is 6.87. The first-order valence-corrected chi connectivity index (χ1v) is 11.5. The lowest BCUT2D eigenvalue weighted by molar-refractivity contribution is -0.346. The van der Waals surface area contributed by atoms with Crippen LogP contribution in [-0.4, -0.2) is 99.9 Å². The van der Waals surface area contributed by atoms with Crippen molar-refractivity contribution in [3.63, 3.8) is 0 Å². The van der Waals surface area contributed by atoms with Gasteiger partial charge in [0, 0.05) is 12.3 Å². The van der Waals surface area contributed by atoms with Gasteiger partial charge in [-0.1, -0.05) is 18.2 Å². The number of esters is 2. The fourth-order valence-corrected chi connectivity index (χ4v) is 5.01. The fraction of sp³-hybridized carbons (Fsp3) is 0.583. The quantitative estimate of drug-likeness (QED) is 0.290. The Labute approximate surface area is 206 Å². The molecule has 2 aliphatic heterocycles. The Morgan fingerprint density at radius 1 is 1.03 bits per heavy atom. The van der Waals surface area contributed by atoms with Gasteiger partial charge in [-0.05, 0) is 19.1 Å². The zero-order chi connectivity index (χ0) is 26.2. The number of aliphatic hydroxyl groups excluding tert-OH is 4. The summed E-state index contributed by atoms with van der Waals surface area (Å²) >= 11 is 0. The van der Waals surface area contributed by atoms with Crippen LogP contribution < -0.4 is 0 Å². The molecule has 0 unspecified atom stereocenters. The summed E-state index contributed by atoms with van der Waals surface area (Å²) in [5.41, 5.74) is -1.25. The Morgan fingerprint density at radius 2 is 1.72 bits per heavy atom. The predicted octanol–water partition coefficient (Wildman–Crippen LogP) is -1.17. The molecule has 1 aliphatic carbocycles. The Bertz CT molecular complexity index is 979. The summed E-state index contributed by atoms with van der Waals surface area (Å²) in [5.74, 6) is -3.29. The van der Waals surface area contributed by atoms with Gasteiger partial charge < -0.3 is 49.2 Å². The minimum Gasteiger partial charge on any atom is -0.471 e. The van der Waals surface area contributed by atoms with E-state index in [4.69, 9.17) is 23.7 Å². The van der Waals surface area contributed by atoms with Crippen molar-refractivity contribution < 1.29 is 58.8 Å². The summed E-state index contributed by atoms with van der Waals surface area (Å²) < 4.78 is 26.9. The van der Waals surface area contributed by atoms with Crippen LogP contribution in [0.25, 0.3) is 0 Å². The van der Waals surface area contributed by atoms with Gasteiger partial charge in [-0.25, -0.2) is 9.59 Å². The number of ether oxygens (including phenoxy) is 5. The van der Waals surface area contributed by atoms with E-state index >= 15 is 0 Å². The molecule has 0 amide bonds. The van der Waals surface area contributed by atoms with E-state index in [2.05, 4.69) is 0 Å². The molecule has 5 N–H and O–H groups in total. The van der Waals surface area contributed by atoms with Gasteiger partial charge >= 0.3 is 11.9 Å². The summed E-state index contributed by atoms with van der Waals surface area (Å²) in [6, 6.07) is 8.11. The zero-order valence-corrected chi connectivity index (χ0v) is 19.7. The van der Waals surface area contributed by atoms with E-state index in [9.17, 15) is 35.1 Å². The SMILES string of the molecule is COC(=O)C1=CO[C@@H](O[C@@H]2O[C@H](COC(=O)c3ccccc3)[C@@H](O)[C@H](O)[C@H]2O)[C@H]2[C@@H]1[C@H](O)C[C@]2(C)O. The van der Waals surface area contributed by atoms with E-state index < -0.39 is 79.1 Å². The number of rotatable bonds is 6. The van der Waals surface area contributed by atoms with Crippen LogP contribution in [0.3, 0.4) is 0 Å². The van der Waals surface area contributed by atoms with Gasteiger partial charge in [-0.3, -0.25) is 0 Å². The topological polar surface area (TPSA) is 181 Å². The Balaban J connectivity index is 1.49. The summed E-state index contributed by atoms with van der Waals surface area (Å²) in [4.78, 5) is 24.5. The van der Waals surface area contributed by atoms with Crippen molar-refractivity contribution in [1.82, 2.24) is 0 Å². The first-order chi connectivity index (χ1) is 17.0. The van der Waals surface area contributed by atoms with Crippen molar-refractivity contribution in [2.45, 2.75) is 62.0 Å². The molecule has 0 aromatic heterocycles. The lowest BCUT2D eigenvalue weighted by Gasteiger charge is -2.44. The fourth-order valence-electron chi connectivity index (χ4n) is 5.01. The maximum Gasteiger partial charge on any atom is 0.338 e. The van der Waals surface area contributed by atoms with Gasteiger partial charge in [0.05, 0.1) is 42.1 Å². The van der Waals surface area contributed by atoms with Gasteiger partial charge in [0.2, 0.25) is 6.29 Å². The minimum absolute atomic E-state index is 0.0129. The highest BCUT2D eigenvalue weighted by molar-refractivity contribution is 5.89. The van der Waals surface area contributed by atoms with Crippen molar-refractivity contribution in [3.8, 4) is 0 Å². The molecule has 4 rings (SSSR count). The largest absolute Gasteiger partial charge is 0.471 e. The standard InChI is InChI=1S/C24H30O12/c1-24(31)8-13(25)15-12(21(30)32-2)9-34-22(16(15)24)36-23-19(28)18(27)17(26)14(35-23)10-33-20(29)11-6-4-3-5-7-11/h3-7,9,13-19,22-23,25-28,31H,8,10H2,1-2H3/t13-,14-,15+,16-,17-,18+,19-,22+,23+,24+/m1/s1. The molecule has 12 heteroatoms. The van der Waals surface area contributed by atoms with Gasteiger partial charge in [0.15, 0.2) is 6.29 Å². The zero-order valence-electron chi connectivity index (χ0n) is 19.7. The van der Waals surface area contributed by atoms with Crippen LogP contribution in [0, 0.1) is 11.8 Å². The van der Waals surface area contributed by atoms with Gasteiger partial charge in [-0.15, -0.1) is 0 Å². The molecule has 1 aromatic rings. The number of fused-ring (bicyclic) bond motifs is 1. The maximum absolute atomic E-state index is 12.3. The van der Waals surface area contributed by atoms with E-state index in [-0.39, 0.29) is 17.6 Å². The second-order valence-electron chi connectivity index (χ2n) is 9.36. The maximum atomic E-state index is 12.3. The summed E-state index contributed by atoms with van der Waals surface area (Å²) in [6.07, 6.45) is -9.36. The summed E-state index contributed by atoms with van der Waals surface area (Å²) in [6.45, 7) is 0.988. The van der Waals surface area contributed by atoms with Gasteiger partial charge in [0.25, 0.3) is 0 Å². The van der Waals surface area contributed by atoms with Crippen molar-refractivity contribution in [2.24, 2.45) is 11.8 Å². The third-order valence-electron chi connectivity index (χ3n) is 6.87. The monoisotopic (exact) mass is 510 g/mol. The molecule has 2 fully saturated rings. The second kappa shape index (κ2) is 10.4. The molecule has 198 valence electrons. The highest BCUT2D eigenvalue weighted by Gasteiger charge is 2.59. The molecule has 10 atom stereocenters. The first kappa shape index (κ1) is 26.5. The van der Waals surface area contributed by atoms with Crippen LogP contribution in [0.15, 0.2) is 42.2 Å². The van der Waals surface area contributed by atoms with Crippen LogP contribution in [0.5, 0.6) is 0 Å². The molecule has 0 radical (unpaired) electrons. The van der Waals surface area contributed by atoms with Crippen molar-refractivity contribution >= 4 is 11.9 Å². The summed E-state index contributed by atoms with van der Waals surface area (Å²) in [5, 5.41) is 52.7. The smallest absolute Gasteiger partial charge is 0.338 e. The Hall–Kier alpha value is -2.58. The van der Waals surface area contributed by atoms with Crippen LogP contribution in [0.1, 0.15) is 23.7 Å². The molecule has 1 aromatic carbocycles. The van der Waals surface area contributed by atoms with E-state index in [1.54, 1.807) is 30.3 Å². The van der Waals surface area contributed by atoms with E-state index in [1.807, 2.05) is 0 Å². The van der Waals surface area contributed by atoms with Crippen LogP contribution in [-0.2, 0) is 28.5 Å². The number of carbonyl (C=O) groups is 2. The highest BCUT2D eigenvalue weighted by Crippen LogP contribution is 2.49. The minimum atomic E-state index is -1.73. The molecule has 3 aliphatic rings. The third kappa shape index (κ3) is 4.98. The highest BCUT2D eigenvalue weighted by atomic mass is 16.8. The van der Waals surface area contributed by atoms with E-state index in [0.29, 0.717) is 0 Å². The molecular weight excluding hydrogens is 480 g/mol. The average Bonchev–Trinajstić information content (AvgIpc) is 3.12. The number of benzene rings is 1. The van der Waals surface area contributed by atoms with E-state index in [0.717, 1.165) is 6.26 Å². The molecule has 1 saturated carbocycles. The lowest BCUT2D eigenvalue weighted by Crippen LogP contribution is -2.61. The predicted molar refractivity (Wildman–Crippen MR) is 118 cm³/mol. The molecule has 0 spiro atoms. The van der Waals surface area contributed by atoms with Crippen LogP contribution >= 0.6 is 0 Å². The molecular formula is C24H30O12. The average molecular weight is 510 g/mol. The number of hydrogen-bond acceptors (Lipinski definition) is 12. The number of hydrogen-bond donors (Lipinski definition) is 5. The Morgan fingerprint density at radius 3 is 2.39 bits per heavy atom. The van der Waals surface area contributed by atoms with Crippen molar-refractivity contribution in [3.05, 3.63) is 47.7 Å². The van der Waals surface area contributed by atoms with Crippen LogP contribution in [0.2, 0.25) is 0 Å². The van der Waals surface area contributed by atoms with Crippen LogP contribution in [0.4, 0.5) is 0 Å². The van der Waals surface area contributed by atoms with Gasteiger partial charge in [0.1, 0.15) is 31.0 Å². The number of carbonyl (C=O) groups excluding carboxylic acids is 2. The molecule has 2 heterocycles. The Kier molecular flexibility index (Phi) is 7.67. The normalized spacial score (nSPS) is 40.0. The summed E-state index contributed by atoms with van der Waals surface area (Å²) in [7, 11) is 1.17. The lowest BCUT2D eigenvalue weighted by atomic mass is 9.80. The first-order valence-electron chi connectivity index (χ1n) is 11.5. The van der Waals surface area contributed by atoms with Gasteiger partial charge in [-0.2, -0.15) is 0 Å². The number of methoxy groups -OCH3 is 1. The van der Waals surface area contributed by atoms with Crippen molar-refractivity contribution in [1.29, 1.82) is 0 Å². The molecule has 0 bridgehead atoms. The van der Waals surface area contributed by atoms with Crippen molar-refractivity contribution in [2.75, 3.05) is 13.7 Å². The second-order valence-corrected chi connectivity index (χ2v) is 9.36. The molecule has 1 saturated heterocycles. The molecule has 36 heavy (non-hydrogen) atoms. The molecule has 12 nitrogen and oxygen atoms in total. The van der Waals surface area contributed by atoms with E-state index in [1.165, 1.54) is 14.0 Å².